The van der Waals surface area contributed by atoms with Crippen LogP contribution in [0.15, 0.2) is 30.3 Å². The molecule has 0 saturated heterocycles. The third-order valence-corrected chi connectivity index (χ3v) is 4.14. The van der Waals surface area contributed by atoms with E-state index in [9.17, 15) is 9.90 Å². The molecule has 0 amide bonds. The molecule has 0 spiro atoms. The monoisotopic (exact) mass is 393 g/mol. The molecular formula is C20H24ClNO5. The number of aromatic carboxylic acids is 1. The molecular weight excluding hydrogens is 370 g/mol. The van der Waals surface area contributed by atoms with Crippen molar-refractivity contribution in [3.63, 3.8) is 0 Å². The van der Waals surface area contributed by atoms with Gasteiger partial charge in [-0.05, 0) is 43.2 Å². The number of hydrogen-bond acceptors (Lipinski definition) is 5. The highest BCUT2D eigenvalue weighted by atomic mass is 35.5. The number of benzene rings is 2. The Morgan fingerprint density at radius 1 is 1.11 bits per heavy atom. The minimum absolute atomic E-state index is 0.169. The van der Waals surface area contributed by atoms with E-state index in [2.05, 4.69) is 5.32 Å². The fraction of sp³-hybridized carbons (Fsp3) is 0.350. The number of carboxylic acid groups (broad SMARTS) is 1. The predicted molar refractivity (Wildman–Crippen MR) is 106 cm³/mol. The molecule has 7 heteroatoms. The van der Waals surface area contributed by atoms with Gasteiger partial charge in [0, 0.05) is 17.6 Å². The zero-order valence-corrected chi connectivity index (χ0v) is 16.4. The second kappa shape index (κ2) is 9.92. The van der Waals surface area contributed by atoms with E-state index >= 15 is 0 Å². The average molecular weight is 394 g/mol. The van der Waals surface area contributed by atoms with E-state index in [1.165, 1.54) is 19.2 Å². The molecule has 0 saturated carbocycles. The molecule has 2 aromatic carbocycles. The summed E-state index contributed by atoms with van der Waals surface area (Å²) < 4.78 is 16.7. The molecule has 27 heavy (non-hydrogen) atoms. The largest absolute Gasteiger partial charge is 0.495 e. The summed E-state index contributed by atoms with van der Waals surface area (Å²) >= 11 is 6.40. The smallest absolute Gasteiger partial charge is 0.335 e. The van der Waals surface area contributed by atoms with Gasteiger partial charge < -0.3 is 24.6 Å². The van der Waals surface area contributed by atoms with Crippen LogP contribution < -0.4 is 19.5 Å². The second-order valence-corrected chi connectivity index (χ2v) is 6.15. The van der Waals surface area contributed by atoms with Crippen molar-refractivity contribution in [1.82, 2.24) is 0 Å². The Hall–Kier alpha value is -2.60. The quantitative estimate of drug-likeness (QED) is 0.601. The van der Waals surface area contributed by atoms with Crippen molar-refractivity contribution < 1.29 is 24.1 Å². The van der Waals surface area contributed by atoms with Gasteiger partial charge >= 0.3 is 5.97 Å². The number of halogens is 1. The molecule has 0 aliphatic carbocycles. The van der Waals surface area contributed by atoms with Gasteiger partial charge in [0.05, 0.1) is 31.6 Å². The Kier molecular flexibility index (Phi) is 7.61. The summed E-state index contributed by atoms with van der Waals surface area (Å²) in [4.78, 5) is 11.2. The van der Waals surface area contributed by atoms with E-state index in [0.29, 0.717) is 47.7 Å². The molecule has 0 unspecified atom stereocenters. The molecule has 0 radical (unpaired) electrons. The molecule has 2 N–H and O–H groups in total. The third-order valence-electron chi connectivity index (χ3n) is 3.79. The van der Waals surface area contributed by atoms with E-state index < -0.39 is 5.97 Å². The predicted octanol–water partition coefficient (Wildman–Crippen LogP) is 4.85. The zero-order valence-electron chi connectivity index (χ0n) is 15.7. The Bertz CT molecular complexity index is 794. The van der Waals surface area contributed by atoms with Crippen LogP contribution >= 0.6 is 11.6 Å². The Morgan fingerprint density at radius 2 is 1.85 bits per heavy atom. The molecule has 2 aromatic rings. The summed E-state index contributed by atoms with van der Waals surface area (Å²) in [6.45, 7) is 5.38. The summed E-state index contributed by atoms with van der Waals surface area (Å²) in [7, 11) is 1.53. The van der Waals surface area contributed by atoms with Crippen LogP contribution in [0, 0.1) is 0 Å². The van der Waals surface area contributed by atoms with Crippen LogP contribution in [-0.2, 0) is 6.54 Å². The van der Waals surface area contributed by atoms with Crippen LogP contribution in [0.2, 0.25) is 5.02 Å². The molecule has 0 bridgehead atoms. The first-order valence-electron chi connectivity index (χ1n) is 8.73. The fourth-order valence-corrected chi connectivity index (χ4v) is 2.70. The number of rotatable bonds is 10. The van der Waals surface area contributed by atoms with E-state index in [0.717, 1.165) is 12.0 Å². The summed E-state index contributed by atoms with van der Waals surface area (Å²) in [6.07, 6.45) is 0.881. The number of carbonyl (C=O) groups is 1. The first-order chi connectivity index (χ1) is 13.0. The molecule has 146 valence electrons. The summed E-state index contributed by atoms with van der Waals surface area (Å²) in [5.41, 5.74) is 1.53. The highest BCUT2D eigenvalue weighted by molar-refractivity contribution is 6.31. The molecule has 0 aliphatic rings. The van der Waals surface area contributed by atoms with Crippen molar-refractivity contribution >= 4 is 23.3 Å². The van der Waals surface area contributed by atoms with E-state index in [-0.39, 0.29) is 5.56 Å². The lowest BCUT2D eigenvalue weighted by atomic mass is 10.1. The van der Waals surface area contributed by atoms with Gasteiger partial charge in [-0.25, -0.2) is 4.79 Å². The van der Waals surface area contributed by atoms with E-state index in [1.54, 1.807) is 12.1 Å². The van der Waals surface area contributed by atoms with Crippen molar-refractivity contribution in [2.75, 3.05) is 25.6 Å². The lowest BCUT2D eigenvalue weighted by Crippen LogP contribution is -2.06. The number of ether oxygens (including phenoxy) is 3. The van der Waals surface area contributed by atoms with Crippen LogP contribution in [-0.4, -0.2) is 31.4 Å². The number of methoxy groups -OCH3 is 1. The summed E-state index contributed by atoms with van der Waals surface area (Å²) in [6, 6.07) is 8.20. The number of nitrogens with one attached hydrogen (secondary N) is 1. The maximum atomic E-state index is 11.2. The Morgan fingerprint density at radius 3 is 2.48 bits per heavy atom. The van der Waals surface area contributed by atoms with Crippen LogP contribution in [0.4, 0.5) is 5.69 Å². The molecule has 0 aliphatic heterocycles. The number of carboxylic acids is 1. The van der Waals surface area contributed by atoms with Gasteiger partial charge in [-0.3, -0.25) is 0 Å². The summed E-state index contributed by atoms with van der Waals surface area (Å²) in [5, 5.41) is 12.9. The highest BCUT2D eigenvalue weighted by Gasteiger charge is 2.13. The average Bonchev–Trinajstić information content (AvgIpc) is 2.66. The molecule has 0 fully saturated rings. The fourth-order valence-electron chi connectivity index (χ4n) is 2.48. The van der Waals surface area contributed by atoms with Gasteiger partial charge in [-0.1, -0.05) is 18.5 Å². The van der Waals surface area contributed by atoms with Crippen LogP contribution in [0.25, 0.3) is 0 Å². The van der Waals surface area contributed by atoms with Gasteiger partial charge in [0.2, 0.25) is 0 Å². The summed E-state index contributed by atoms with van der Waals surface area (Å²) in [5.74, 6) is 0.773. The maximum Gasteiger partial charge on any atom is 0.335 e. The van der Waals surface area contributed by atoms with Gasteiger partial charge in [0.15, 0.2) is 11.5 Å². The van der Waals surface area contributed by atoms with Gasteiger partial charge in [0.25, 0.3) is 0 Å². The topological polar surface area (TPSA) is 77.0 Å². The van der Waals surface area contributed by atoms with Crippen LogP contribution in [0.5, 0.6) is 17.2 Å². The third kappa shape index (κ3) is 5.44. The molecule has 2 rings (SSSR count). The van der Waals surface area contributed by atoms with Crippen molar-refractivity contribution in [2.45, 2.75) is 26.8 Å². The minimum Gasteiger partial charge on any atom is -0.495 e. The lowest BCUT2D eigenvalue weighted by Gasteiger charge is -2.16. The Balaban J connectivity index is 2.25. The maximum absolute atomic E-state index is 11.2. The standard InChI is InChI=1S/C20H24ClNO5/c1-4-8-27-19-11-15(21)14(10-18(19)26-5-2)12-22-16-9-13(20(23)24)6-7-17(16)25-3/h6-7,9-11,22H,4-5,8,12H2,1-3H3,(H,23,24). The first kappa shape index (κ1) is 20.7. The first-order valence-corrected chi connectivity index (χ1v) is 9.11. The van der Waals surface area contributed by atoms with Crippen molar-refractivity contribution in [2.24, 2.45) is 0 Å². The van der Waals surface area contributed by atoms with Gasteiger partial charge in [-0.2, -0.15) is 0 Å². The van der Waals surface area contributed by atoms with Crippen molar-refractivity contribution in [3.05, 3.63) is 46.5 Å². The zero-order chi connectivity index (χ0) is 19.8. The SMILES string of the molecule is CCCOc1cc(Cl)c(CNc2cc(C(=O)O)ccc2OC)cc1OCC. The van der Waals surface area contributed by atoms with Crippen molar-refractivity contribution in [1.29, 1.82) is 0 Å². The highest BCUT2D eigenvalue weighted by Crippen LogP contribution is 2.35. The number of hydrogen-bond donors (Lipinski definition) is 2. The van der Waals surface area contributed by atoms with Gasteiger partial charge in [-0.15, -0.1) is 0 Å². The second-order valence-electron chi connectivity index (χ2n) is 5.75. The molecule has 0 heterocycles. The molecule has 0 atom stereocenters. The number of anilines is 1. The van der Waals surface area contributed by atoms with Crippen LogP contribution in [0.3, 0.4) is 0 Å². The minimum atomic E-state index is -1.00. The lowest BCUT2D eigenvalue weighted by molar-refractivity contribution is 0.0697. The van der Waals surface area contributed by atoms with Gasteiger partial charge in [0.1, 0.15) is 5.75 Å². The van der Waals surface area contributed by atoms with E-state index in [1.807, 2.05) is 19.9 Å². The van der Waals surface area contributed by atoms with E-state index in [4.69, 9.17) is 25.8 Å². The Labute approximate surface area is 164 Å². The van der Waals surface area contributed by atoms with Crippen molar-refractivity contribution in [3.8, 4) is 17.2 Å². The van der Waals surface area contributed by atoms with Crippen LogP contribution in [0.1, 0.15) is 36.2 Å². The molecule has 6 nitrogen and oxygen atoms in total. The molecule has 0 aromatic heterocycles. The normalized spacial score (nSPS) is 10.4.